The molecule has 2 atom stereocenters. The van der Waals surface area contributed by atoms with E-state index >= 15 is 4.39 Å². The number of carbonyl (C=O) groups is 1. The molecule has 1 saturated carbocycles. The molecule has 4 rings (SSSR count). The van der Waals surface area contributed by atoms with E-state index in [-0.39, 0.29) is 23.3 Å². The van der Waals surface area contributed by atoms with Crippen molar-refractivity contribution in [2.75, 3.05) is 13.1 Å². The number of aromatic hydroxyl groups is 1. The number of amides is 1. The Morgan fingerprint density at radius 2 is 1.77 bits per heavy atom. The first-order valence-electron chi connectivity index (χ1n) is 11.3. The Morgan fingerprint density at radius 1 is 1.06 bits per heavy atom. The lowest BCUT2D eigenvalue weighted by atomic mass is 9.74. The maximum absolute atomic E-state index is 15.1. The zero-order valence-corrected chi connectivity index (χ0v) is 18.1. The van der Waals surface area contributed by atoms with Crippen molar-refractivity contribution < 1.29 is 14.3 Å². The van der Waals surface area contributed by atoms with E-state index in [1.54, 1.807) is 21.8 Å². The number of hydrazine groups is 1. The SMILES string of the molecule is CCN1C(=O)c2c(O)c(=O)ccn2C(C(c2ccccc2F)C2CCCCC2)N1CC. The molecule has 1 aromatic heterocycles. The predicted molar refractivity (Wildman–Crippen MR) is 116 cm³/mol. The van der Waals surface area contributed by atoms with Crippen LogP contribution in [-0.2, 0) is 0 Å². The third-order valence-electron chi connectivity index (χ3n) is 6.81. The highest BCUT2D eigenvalue weighted by Gasteiger charge is 2.45. The summed E-state index contributed by atoms with van der Waals surface area (Å²) in [5, 5.41) is 14.1. The largest absolute Gasteiger partial charge is 0.503 e. The number of nitrogens with zero attached hydrogens (tertiary/aromatic N) is 3. The van der Waals surface area contributed by atoms with Crippen LogP contribution < -0.4 is 5.43 Å². The van der Waals surface area contributed by atoms with E-state index in [2.05, 4.69) is 0 Å². The summed E-state index contributed by atoms with van der Waals surface area (Å²) in [6.45, 7) is 4.76. The molecular weight excluding hydrogens is 397 g/mol. The molecule has 166 valence electrons. The van der Waals surface area contributed by atoms with Gasteiger partial charge in [0.15, 0.2) is 11.4 Å². The Hall–Kier alpha value is -2.67. The average Bonchev–Trinajstić information content (AvgIpc) is 2.79. The molecule has 1 aromatic carbocycles. The van der Waals surface area contributed by atoms with Gasteiger partial charge in [-0.25, -0.2) is 4.39 Å². The average molecular weight is 428 g/mol. The molecule has 1 fully saturated rings. The number of pyridine rings is 1. The summed E-state index contributed by atoms with van der Waals surface area (Å²) in [5.74, 6) is -1.22. The number of halogens is 1. The van der Waals surface area contributed by atoms with Crippen LogP contribution in [0.15, 0.2) is 41.3 Å². The molecule has 0 spiro atoms. The molecule has 1 aliphatic carbocycles. The molecule has 7 heteroatoms. The van der Waals surface area contributed by atoms with Crippen molar-refractivity contribution in [3.05, 3.63) is 63.8 Å². The summed E-state index contributed by atoms with van der Waals surface area (Å²) in [5.41, 5.74) is 0.0213. The molecule has 2 heterocycles. The molecule has 2 unspecified atom stereocenters. The molecule has 2 aliphatic rings. The van der Waals surface area contributed by atoms with Gasteiger partial charge in [0.25, 0.3) is 5.91 Å². The first-order valence-corrected chi connectivity index (χ1v) is 11.3. The fourth-order valence-corrected chi connectivity index (χ4v) is 5.44. The minimum absolute atomic E-state index is 0.0128. The molecule has 0 saturated heterocycles. The number of likely N-dealkylation sites (N-methyl/N-ethyl adjacent to an activating group) is 1. The Balaban J connectivity index is 1.97. The van der Waals surface area contributed by atoms with E-state index in [9.17, 15) is 14.7 Å². The molecule has 1 aliphatic heterocycles. The van der Waals surface area contributed by atoms with Crippen LogP contribution >= 0.6 is 0 Å². The minimum Gasteiger partial charge on any atom is -0.503 e. The normalized spacial score (nSPS) is 21.2. The van der Waals surface area contributed by atoms with Crippen molar-refractivity contribution in [1.29, 1.82) is 0 Å². The lowest BCUT2D eigenvalue weighted by Gasteiger charge is -2.50. The topological polar surface area (TPSA) is 65.8 Å². The number of benzene rings is 1. The zero-order chi connectivity index (χ0) is 22.1. The summed E-state index contributed by atoms with van der Waals surface area (Å²) < 4.78 is 16.8. The highest BCUT2D eigenvalue weighted by molar-refractivity contribution is 5.95. The maximum atomic E-state index is 15.1. The fraction of sp³-hybridized carbons (Fsp3) is 0.500. The van der Waals surface area contributed by atoms with Crippen molar-refractivity contribution in [2.45, 2.75) is 58.0 Å². The van der Waals surface area contributed by atoms with Gasteiger partial charge in [0, 0.05) is 31.3 Å². The van der Waals surface area contributed by atoms with Gasteiger partial charge < -0.3 is 9.67 Å². The Kier molecular flexibility index (Phi) is 6.14. The minimum atomic E-state index is -0.584. The van der Waals surface area contributed by atoms with Crippen LogP contribution in [0.2, 0.25) is 0 Å². The fourth-order valence-electron chi connectivity index (χ4n) is 5.44. The van der Waals surface area contributed by atoms with Crippen LogP contribution in [-0.4, -0.2) is 38.7 Å². The lowest BCUT2D eigenvalue weighted by molar-refractivity contribution is -0.0884. The molecule has 0 radical (unpaired) electrons. The van der Waals surface area contributed by atoms with Crippen molar-refractivity contribution in [3.8, 4) is 5.75 Å². The van der Waals surface area contributed by atoms with Gasteiger partial charge in [-0.05, 0) is 37.3 Å². The van der Waals surface area contributed by atoms with Crippen LogP contribution in [0, 0.1) is 11.7 Å². The Labute approximate surface area is 181 Å². The van der Waals surface area contributed by atoms with Crippen molar-refractivity contribution in [1.82, 2.24) is 14.6 Å². The summed E-state index contributed by atoms with van der Waals surface area (Å²) >= 11 is 0. The van der Waals surface area contributed by atoms with Crippen LogP contribution in [0.1, 0.15) is 74.1 Å². The van der Waals surface area contributed by atoms with Crippen molar-refractivity contribution in [2.24, 2.45) is 5.92 Å². The number of carbonyl (C=O) groups excluding carboxylic acids is 1. The van der Waals surface area contributed by atoms with E-state index in [1.807, 2.05) is 31.0 Å². The number of hydrogen-bond acceptors (Lipinski definition) is 4. The molecule has 1 amide bonds. The Bertz CT molecular complexity index is 1020. The van der Waals surface area contributed by atoms with Gasteiger partial charge in [0.2, 0.25) is 5.43 Å². The smallest absolute Gasteiger partial charge is 0.288 e. The second-order valence-electron chi connectivity index (χ2n) is 8.42. The van der Waals surface area contributed by atoms with E-state index in [0.717, 1.165) is 25.7 Å². The molecular formula is C24H30FN3O3. The van der Waals surface area contributed by atoms with E-state index in [4.69, 9.17) is 0 Å². The monoisotopic (exact) mass is 427 g/mol. The summed E-state index contributed by atoms with van der Waals surface area (Å²) in [4.78, 5) is 25.4. The number of hydrogen-bond donors (Lipinski definition) is 1. The van der Waals surface area contributed by atoms with Gasteiger partial charge >= 0.3 is 0 Å². The van der Waals surface area contributed by atoms with Crippen LogP contribution in [0.5, 0.6) is 5.75 Å². The molecule has 31 heavy (non-hydrogen) atoms. The van der Waals surface area contributed by atoms with Crippen LogP contribution in [0.25, 0.3) is 0 Å². The van der Waals surface area contributed by atoms with Gasteiger partial charge in [0.1, 0.15) is 12.0 Å². The highest BCUT2D eigenvalue weighted by Crippen LogP contribution is 2.47. The van der Waals surface area contributed by atoms with E-state index in [1.165, 1.54) is 18.6 Å². The van der Waals surface area contributed by atoms with Crippen molar-refractivity contribution in [3.63, 3.8) is 0 Å². The van der Waals surface area contributed by atoms with E-state index in [0.29, 0.717) is 18.7 Å². The third-order valence-corrected chi connectivity index (χ3v) is 6.81. The number of aromatic nitrogens is 1. The molecule has 2 aromatic rings. The number of fused-ring (bicyclic) bond motifs is 1. The lowest BCUT2D eigenvalue weighted by Crippen LogP contribution is -2.57. The van der Waals surface area contributed by atoms with E-state index < -0.39 is 23.3 Å². The quantitative estimate of drug-likeness (QED) is 0.774. The van der Waals surface area contributed by atoms with Gasteiger partial charge in [-0.3, -0.25) is 14.6 Å². The van der Waals surface area contributed by atoms with Gasteiger partial charge in [-0.15, -0.1) is 0 Å². The zero-order valence-electron chi connectivity index (χ0n) is 18.1. The van der Waals surface area contributed by atoms with Gasteiger partial charge in [-0.2, -0.15) is 5.01 Å². The van der Waals surface area contributed by atoms with Crippen molar-refractivity contribution >= 4 is 5.91 Å². The summed E-state index contributed by atoms with van der Waals surface area (Å²) in [7, 11) is 0. The second kappa shape index (κ2) is 8.83. The summed E-state index contributed by atoms with van der Waals surface area (Å²) in [6, 6.07) is 8.13. The predicted octanol–water partition coefficient (Wildman–Crippen LogP) is 4.27. The summed E-state index contributed by atoms with van der Waals surface area (Å²) in [6.07, 6.45) is 6.46. The molecule has 6 nitrogen and oxygen atoms in total. The first kappa shape index (κ1) is 21.6. The first-order chi connectivity index (χ1) is 15.0. The Morgan fingerprint density at radius 3 is 2.42 bits per heavy atom. The highest BCUT2D eigenvalue weighted by atomic mass is 19.1. The van der Waals surface area contributed by atoms with Gasteiger partial charge in [-0.1, -0.05) is 44.4 Å². The second-order valence-corrected chi connectivity index (χ2v) is 8.42. The maximum Gasteiger partial charge on any atom is 0.288 e. The van der Waals surface area contributed by atoms with Crippen LogP contribution in [0.4, 0.5) is 4.39 Å². The standard InChI is InChI=1S/C24H30FN3O3/c1-3-27-23(26-15-14-19(29)22(30)21(26)24(31)28(27)4-2)20(16-10-6-5-7-11-16)17-12-8-9-13-18(17)25/h8-9,12-16,20,23,30H,3-7,10-11H2,1-2H3. The van der Waals surface area contributed by atoms with Gasteiger partial charge in [0.05, 0.1) is 0 Å². The molecule has 0 bridgehead atoms. The van der Waals surface area contributed by atoms with Crippen LogP contribution in [0.3, 0.4) is 0 Å². The number of rotatable bonds is 5. The molecule has 1 N–H and O–H groups in total. The third kappa shape index (κ3) is 3.65.